The van der Waals surface area contributed by atoms with Gasteiger partial charge < -0.3 is 0 Å². The summed E-state index contributed by atoms with van der Waals surface area (Å²) in [7, 11) is 0.120. The molecule has 0 bridgehead atoms. The first kappa shape index (κ1) is 9.96. The molecular weight excluding hydrogens is 142 g/mol. The third-order valence-electron chi connectivity index (χ3n) is 0. The van der Waals surface area contributed by atoms with Crippen molar-refractivity contribution in [1.82, 2.24) is 0 Å². The van der Waals surface area contributed by atoms with Crippen molar-refractivity contribution in [3.63, 3.8) is 0 Å². The topological polar surface area (TPSA) is 0 Å². The third kappa shape index (κ3) is 101. The van der Waals surface area contributed by atoms with E-state index in [-0.39, 0.29) is 8.80 Å². The summed E-state index contributed by atoms with van der Waals surface area (Å²) >= 11 is 1.38. The predicted octanol–water partition coefficient (Wildman–Crippen LogP) is 1.95. The van der Waals surface area contributed by atoms with Gasteiger partial charge in [-0.25, -0.2) is 0 Å². The van der Waals surface area contributed by atoms with E-state index in [9.17, 15) is 0 Å². The molecule has 0 saturated carbocycles. The number of rotatable bonds is 0. The summed E-state index contributed by atoms with van der Waals surface area (Å²) < 4.78 is 0. The fraction of sp³-hybridized carbons (Fsp3) is 1.00. The van der Waals surface area contributed by atoms with Crippen LogP contribution in [0.3, 0.4) is 0 Å². The average molecular weight is 154 g/mol. The molecule has 0 fully saturated rings. The molecule has 0 aliphatic rings. The molecule has 0 heterocycles. The zero-order chi connectivity index (χ0) is 5.58. The average Bonchev–Trinajstić information content (AvgIpc) is 1.41. The van der Waals surface area contributed by atoms with Gasteiger partial charge in [-0.3, -0.25) is 0 Å². The molecule has 0 amide bonds. The van der Waals surface area contributed by atoms with Gasteiger partial charge in [0.15, 0.2) is 0 Å². The van der Waals surface area contributed by atoms with Crippen LogP contribution in [-0.2, 0) is 18.3 Å². The van der Waals surface area contributed by atoms with Gasteiger partial charge in [0.25, 0.3) is 0 Å². The summed E-state index contributed by atoms with van der Waals surface area (Å²) in [6, 6.07) is 0. The first-order valence-corrected chi connectivity index (χ1v) is 8.17. The predicted molar refractivity (Wildman–Crippen MR) is 29.2 cm³/mol. The molecule has 0 rings (SSSR count). The van der Waals surface area contributed by atoms with E-state index >= 15 is 0 Å². The minimum absolute atomic E-state index is 0.120. The molecular formula is C4H12SiZn. The van der Waals surface area contributed by atoms with Crippen molar-refractivity contribution in [2.24, 2.45) is 0 Å². The van der Waals surface area contributed by atoms with Gasteiger partial charge in [0.05, 0.1) is 0 Å². The zero-order valence-electron chi connectivity index (χ0n) is 5.21. The summed E-state index contributed by atoms with van der Waals surface area (Å²) in [5.41, 5.74) is 2.12. The van der Waals surface area contributed by atoms with Crippen LogP contribution in [0.5, 0.6) is 0 Å². The van der Waals surface area contributed by atoms with Crippen LogP contribution < -0.4 is 0 Å². The van der Waals surface area contributed by atoms with E-state index in [0.29, 0.717) is 0 Å². The fourth-order valence-corrected chi connectivity index (χ4v) is 0. The van der Waals surface area contributed by atoms with Crippen molar-refractivity contribution in [2.45, 2.75) is 25.2 Å². The Labute approximate surface area is 52.6 Å². The summed E-state index contributed by atoms with van der Waals surface area (Å²) in [5, 5.41) is 0. The number of hydrogen-bond acceptors (Lipinski definition) is 0. The summed E-state index contributed by atoms with van der Waals surface area (Å²) in [6.45, 7) is 6.81. The maximum atomic E-state index is 2.27. The van der Waals surface area contributed by atoms with Gasteiger partial charge in [-0.1, -0.05) is 19.6 Å². The van der Waals surface area contributed by atoms with Crippen molar-refractivity contribution in [2.75, 3.05) is 0 Å². The molecule has 0 aromatic carbocycles. The van der Waals surface area contributed by atoms with Crippen LogP contribution in [0.4, 0.5) is 0 Å². The van der Waals surface area contributed by atoms with Crippen LogP contribution in [0.2, 0.25) is 25.2 Å². The molecule has 0 atom stereocenters. The summed E-state index contributed by atoms with van der Waals surface area (Å²) in [6.07, 6.45) is 0. The van der Waals surface area contributed by atoms with Gasteiger partial charge in [0.1, 0.15) is 0 Å². The SMILES string of the molecule is C[Si](C)C.[CH3][Zn]. The van der Waals surface area contributed by atoms with E-state index in [1.807, 2.05) is 0 Å². The molecule has 0 N–H and O–H groups in total. The van der Waals surface area contributed by atoms with Crippen LogP contribution in [0.1, 0.15) is 0 Å². The van der Waals surface area contributed by atoms with E-state index in [4.69, 9.17) is 0 Å². The molecule has 0 spiro atoms. The van der Waals surface area contributed by atoms with Gasteiger partial charge in [0.2, 0.25) is 0 Å². The van der Waals surface area contributed by atoms with E-state index < -0.39 is 0 Å². The molecule has 2 heteroatoms. The Morgan fingerprint density at radius 1 is 1.00 bits per heavy atom. The Balaban J connectivity index is 0. The van der Waals surface area contributed by atoms with Crippen molar-refractivity contribution in [1.29, 1.82) is 0 Å². The summed E-state index contributed by atoms with van der Waals surface area (Å²) in [4.78, 5) is 0. The van der Waals surface area contributed by atoms with Gasteiger partial charge in [-0.15, -0.1) is 0 Å². The van der Waals surface area contributed by atoms with Crippen LogP contribution in [0.25, 0.3) is 0 Å². The van der Waals surface area contributed by atoms with Gasteiger partial charge in [0, 0.05) is 8.80 Å². The van der Waals surface area contributed by atoms with E-state index in [0.717, 1.165) is 0 Å². The molecule has 34 valence electrons. The molecule has 0 aromatic rings. The molecule has 0 aliphatic carbocycles. The monoisotopic (exact) mass is 152 g/mol. The standard InChI is InChI=1S/C3H9Si.CH3.Zn/c1-4(2)3;;/h1-3H3;1H3;. The minimum atomic E-state index is 0.120. The van der Waals surface area contributed by atoms with E-state index in [1.54, 1.807) is 0 Å². The molecule has 0 saturated heterocycles. The van der Waals surface area contributed by atoms with Gasteiger partial charge >= 0.3 is 23.8 Å². The molecule has 0 unspecified atom stereocenters. The van der Waals surface area contributed by atoms with Crippen molar-refractivity contribution >= 4 is 8.80 Å². The Morgan fingerprint density at radius 3 is 1.00 bits per heavy atom. The summed E-state index contributed by atoms with van der Waals surface area (Å²) in [5.74, 6) is 0. The molecule has 0 nitrogen and oxygen atoms in total. The van der Waals surface area contributed by atoms with Gasteiger partial charge in [-0.05, 0) is 0 Å². The zero-order valence-corrected chi connectivity index (χ0v) is 9.17. The van der Waals surface area contributed by atoms with Crippen LogP contribution >= 0.6 is 0 Å². The van der Waals surface area contributed by atoms with Crippen molar-refractivity contribution in [3.05, 3.63) is 0 Å². The van der Waals surface area contributed by atoms with E-state index in [1.165, 1.54) is 18.3 Å². The second-order valence-electron chi connectivity index (χ2n) is 1.50. The Kier molecular flexibility index (Phi) is 15.4. The third-order valence-corrected chi connectivity index (χ3v) is 0. The second kappa shape index (κ2) is 9.28. The maximum absolute atomic E-state index is 2.27. The Hall–Kier alpha value is 0.840. The number of hydrogen-bond donors (Lipinski definition) is 0. The molecule has 0 aromatic heterocycles. The van der Waals surface area contributed by atoms with Crippen molar-refractivity contribution in [3.8, 4) is 0 Å². The fourth-order valence-electron chi connectivity index (χ4n) is 0. The van der Waals surface area contributed by atoms with Crippen LogP contribution in [0, 0.1) is 0 Å². The first-order chi connectivity index (χ1) is 2.73. The second-order valence-corrected chi connectivity index (χ2v) is 4.50. The molecule has 6 heavy (non-hydrogen) atoms. The van der Waals surface area contributed by atoms with Crippen LogP contribution in [0.15, 0.2) is 0 Å². The van der Waals surface area contributed by atoms with Crippen LogP contribution in [-0.4, -0.2) is 8.80 Å². The van der Waals surface area contributed by atoms with Crippen molar-refractivity contribution < 1.29 is 18.3 Å². The normalized spacial score (nSPS) is 7.17. The van der Waals surface area contributed by atoms with Gasteiger partial charge in [-0.2, -0.15) is 0 Å². The molecule has 1 radical (unpaired) electrons. The Bertz CT molecular complexity index is 12.3. The Morgan fingerprint density at radius 2 is 1.00 bits per heavy atom. The quantitative estimate of drug-likeness (QED) is 0.467. The first-order valence-electron chi connectivity index (χ1n) is 2.21. The van der Waals surface area contributed by atoms with E-state index in [2.05, 4.69) is 25.2 Å². The molecule has 0 aliphatic heterocycles.